The van der Waals surface area contributed by atoms with E-state index in [9.17, 15) is 4.79 Å². The fourth-order valence-corrected chi connectivity index (χ4v) is 2.90. The highest BCUT2D eigenvalue weighted by atomic mass is 32.1. The third-order valence-corrected chi connectivity index (χ3v) is 3.85. The Morgan fingerprint density at radius 2 is 2.05 bits per heavy atom. The molecule has 0 unspecified atom stereocenters. The van der Waals surface area contributed by atoms with E-state index < -0.39 is 5.97 Å². The van der Waals surface area contributed by atoms with E-state index in [2.05, 4.69) is 9.97 Å². The van der Waals surface area contributed by atoms with Crippen molar-refractivity contribution in [3.05, 3.63) is 47.1 Å². The lowest BCUT2D eigenvalue weighted by atomic mass is 10.1. The Balaban J connectivity index is 2.25. The number of hydrogen-bond donors (Lipinski definition) is 1. The van der Waals surface area contributed by atoms with Crippen LogP contribution in [-0.4, -0.2) is 21.0 Å². The lowest BCUT2D eigenvalue weighted by Crippen LogP contribution is -1.98. The van der Waals surface area contributed by atoms with Crippen LogP contribution >= 0.6 is 11.3 Å². The molecular formula is C14H10N2O2S. The van der Waals surface area contributed by atoms with Gasteiger partial charge in [0.25, 0.3) is 0 Å². The number of thiazole rings is 1. The van der Waals surface area contributed by atoms with E-state index in [1.165, 1.54) is 11.3 Å². The summed E-state index contributed by atoms with van der Waals surface area (Å²) in [6, 6.07) is 9.79. The van der Waals surface area contributed by atoms with Crippen LogP contribution in [0.2, 0.25) is 0 Å². The van der Waals surface area contributed by atoms with Crippen molar-refractivity contribution in [1.29, 1.82) is 0 Å². The Labute approximate surface area is 113 Å². The minimum Gasteiger partial charge on any atom is -0.476 e. The van der Waals surface area contributed by atoms with Gasteiger partial charge < -0.3 is 5.11 Å². The normalized spacial score (nSPS) is 10.8. The maximum absolute atomic E-state index is 11.1. The summed E-state index contributed by atoms with van der Waals surface area (Å²) < 4.78 is 0. The highest BCUT2D eigenvalue weighted by Gasteiger charge is 2.17. The molecule has 4 nitrogen and oxygen atoms in total. The summed E-state index contributed by atoms with van der Waals surface area (Å²) in [7, 11) is 0. The Morgan fingerprint density at radius 1 is 1.26 bits per heavy atom. The molecule has 0 atom stereocenters. The summed E-state index contributed by atoms with van der Waals surface area (Å²) in [6.45, 7) is 1.76. The maximum Gasteiger partial charge on any atom is 0.355 e. The number of pyridine rings is 1. The SMILES string of the molecule is Cc1sc(-c2nccc3ccccc23)nc1C(=O)O. The van der Waals surface area contributed by atoms with Crippen LogP contribution in [-0.2, 0) is 0 Å². The topological polar surface area (TPSA) is 63.1 Å². The van der Waals surface area contributed by atoms with E-state index in [1.54, 1.807) is 13.1 Å². The van der Waals surface area contributed by atoms with Crippen LogP contribution in [0.3, 0.4) is 0 Å². The van der Waals surface area contributed by atoms with E-state index >= 15 is 0 Å². The summed E-state index contributed by atoms with van der Waals surface area (Å²) in [6.07, 6.45) is 1.72. The lowest BCUT2D eigenvalue weighted by Gasteiger charge is -2.01. The number of carbonyl (C=O) groups is 1. The lowest BCUT2D eigenvalue weighted by molar-refractivity contribution is 0.0690. The Bertz CT molecular complexity index is 775. The fourth-order valence-electron chi connectivity index (χ4n) is 1.99. The molecule has 0 saturated heterocycles. The van der Waals surface area contributed by atoms with Crippen molar-refractivity contribution in [2.24, 2.45) is 0 Å². The average Bonchev–Trinajstić information content (AvgIpc) is 2.80. The van der Waals surface area contributed by atoms with E-state index in [0.29, 0.717) is 9.88 Å². The highest BCUT2D eigenvalue weighted by molar-refractivity contribution is 7.15. The molecule has 19 heavy (non-hydrogen) atoms. The van der Waals surface area contributed by atoms with Crippen molar-refractivity contribution in [3.8, 4) is 10.7 Å². The molecule has 2 aromatic heterocycles. The molecule has 2 heterocycles. The van der Waals surface area contributed by atoms with Crippen LogP contribution in [0.5, 0.6) is 0 Å². The summed E-state index contributed by atoms with van der Waals surface area (Å²) >= 11 is 1.36. The number of aromatic carboxylic acids is 1. The number of carboxylic acids is 1. The van der Waals surface area contributed by atoms with E-state index in [0.717, 1.165) is 16.5 Å². The van der Waals surface area contributed by atoms with Gasteiger partial charge in [0.15, 0.2) is 5.69 Å². The quantitative estimate of drug-likeness (QED) is 0.775. The van der Waals surface area contributed by atoms with Gasteiger partial charge in [-0.15, -0.1) is 11.3 Å². The van der Waals surface area contributed by atoms with Crippen LogP contribution in [0, 0.1) is 6.92 Å². The second-order valence-corrected chi connectivity index (χ2v) is 5.31. The number of aromatic nitrogens is 2. The molecule has 5 heteroatoms. The van der Waals surface area contributed by atoms with Crippen molar-refractivity contribution in [1.82, 2.24) is 9.97 Å². The van der Waals surface area contributed by atoms with E-state index in [4.69, 9.17) is 5.11 Å². The van der Waals surface area contributed by atoms with Gasteiger partial charge in [-0.25, -0.2) is 9.78 Å². The molecule has 0 spiro atoms. The van der Waals surface area contributed by atoms with E-state index in [-0.39, 0.29) is 5.69 Å². The molecule has 1 N–H and O–H groups in total. The first-order valence-electron chi connectivity index (χ1n) is 5.71. The van der Waals surface area contributed by atoms with Crippen LogP contribution in [0.15, 0.2) is 36.5 Å². The zero-order valence-electron chi connectivity index (χ0n) is 10.1. The molecule has 0 aliphatic rings. The van der Waals surface area contributed by atoms with Gasteiger partial charge in [-0.05, 0) is 18.4 Å². The first kappa shape index (κ1) is 11.8. The molecule has 0 bridgehead atoms. The Morgan fingerprint density at radius 3 is 2.79 bits per heavy atom. The van der Waals surface area contributed by atoms with Crippen molar-refractivity contribution in [2.75, 3.05) is 0 Å². The van der Waals surface area contributed by atoms with Crippen LogP contribution in [0.4, 0.5) is 0 Å². The van der Waals surface area contributed by atoms with Gasteiger partial charge in [0.1, 0.15) is 10.7 Å². The molecule has 3 aromatic rings. The monoisotopic (exact) mass is 270 g/mol. The van der Waals surface area contributed by atoms with Gasteiger partial charge >= 0.3 is 5.97 Å². The standard InChI is InChI=1S/C14H10N2O2S/c1-8-11(14(17)18)16-13(19-8)12-10-5-3-2-4-9(10)6-7-15-12/h2-7H,1H3,(H,17,18). The number of nitrogens with zero attached hydrogens (tertiary/aromatic N) is 2. The summed E-state index contributed by atoms with van der Waals surface area (Å²) in [5.41, 5.74) is 0.841. The maximum atomic E-state index is 11.1. The van der Waals surface area contributed by atoms with Crippen molar-refractivity contribution < 1.29 is 9.90 Å². The van der Waals surface area contributed by atoms with E-state index in [1.807, 2.05) is 30.3 Å². The zero-order valence-corrected chi connectivity index (χ0v) is 10.9. The summed E-state index contributed by atoms with van der Waals surface area (Å²) in [5.74, 6) is -1.000. The molecular weight excluding hydrogens is 260 g/mol. The van der Waals surface area contributed by atoms with Crippen molar-refractivity contribution in [2.45, 2.75) is 6.92 Å². The highest BCUT2D eigenvalue weighted by Crippen LogP contribution is 2.31. The van der Waals surface area contributed by atoms with Gasteiger partial charge in [-0.1, -0.05) is 24.3 Å². The third-order valence-electron chi connectivity index (χ3n) is 2.88. The molecule has 94 valence electrons. The minimum absolute atomic E-state index is 0.106. The Hall–Kier alpha value is -2.27. The molecule has 1 aromatic carbocycles. The second kappa shape index (κ2) is 4.44. The van der Waals surface area contributed by atoms with Gasteiger partial charge in [-0.2, -0.15) is 0 Å². The summed E-state index contributed by atoms with van der Waals surface area (Å²) in [4.78, 5) is 20.3. The van der Waals surface area contributed by atoms with Crippen LogP contribution in [0.25, 0.3) is 21.5 Å². The summed E-state index contributed by atoms with van der Waals surface area (Å²) in [5, 5.41) is 11.8. The average molecular weight is 270 g/mol. The molecule has 0 amide bonds. The molecule has 0 aliphatic heterocycles. The minimum atomic E-state index is -1.000. The number of rotatable bonds is 2. The first-order chi connectivity index (χ1) is 9.16. The first-order valence-corrected chi connectivity index (χ1v) is 6.53. The van der Waals surface area contributed by atoms with Gasteiger partial charge in [-0.3, -0.25) is 4.98 Å². The zero-order chi connectivity index (χ0) is 13.4. The van der Waals surface area contributed by atoms with Gasteiger partial charge in [0, 0.05) is 16.5 Å². The largest absolute Gasteiger partial charge is 0.476 e. The van der Waals surface area contributed by atoms with Gasteiger partial charge in [0.2, 0.25) is 0 Å². The van der Waals surface area contributed by atoms with Gasteiger partial charge in [0.05, 0.1) is 0 Å². The van der Waals surface area contributed by atoms with Crippen LogP contribution in [0.1, 0.15) is 15.4 Å². The predicted octanol–water partition coefficient (Wildman–Crippen LogP) is 3.36. The molecule has 3 rings (SSSR count). The fraction of sp³-hybridized carbons (Fsp3) is 0.0714. The number of aryl methyl sites for hydroxylation is 1. The molecule has 0 radical (unpaired) electrons. The molecule has 0 saturated carbocycles. The Kier molecular flexibility index (Phi) is 2.76. The number of benzene rings is 1. The molecule has 0 aliphatic carbocycles. The molecule has 0 fully saturated rings. The smallest absolute Gasteiger partial charge is 0.355 e. The van der Waals surface area contributed by atoms with Crippen molar-refractivity contribution in [3.63, 3.8) is 0 Å². The second-order valence-electron chi connectivity index (χ2n) is 4.11. The third kappa shape index (κ3) is 1.98. The predicted molar refractivity (Wildman–Crippen MR) is 74.5 cm³/mol. The van der Waals surface area contributed by atoms with Crippen molar-refractivity contribution >= 4 is 28.1 Å². The number of carboxylic acid groups (broad SMARTS) is 1. The number of hydrogen-bond acceptors (Lipinski definition) is 4. The number of fused-ring (bicyclic) bond motifs is 1. The van der Waals surface area contributed by atoms with Crippen LogP contribution < -0.4 is 0 Å².